The van der Waals surface area contributed by atoms with Crippen LogP contribution in [0.25, 0.3) is 4.85 Å². The molecule has 0 aromatic heterocycles. The van der Waals surface area contributed by atoms with Gasteiger partial charge in [-0.25, -0.2) is 4.85 Å². The monoisotopic (exact) mass is 582 g/mol. The number of hydrogen-bond acceptors (Lipinski definition) is 11. The van der Waals surface area contributed by atoms with Crippen LogP contribution in [0.5, 0.6) is 11.5 Å². The van der Waals surface area contributed by atoms with Gasteiger partial charge in [0.1, 0.15) is 23.1 Å². The van der Waals surface area contributed by atoms with Crippen LogP contribution in [-0.2, 0) is 19.2 Å². The van der Waals surface area contributed by atoms with Crippen molar-refractivity contribution in [2.75, 3.05) is 14.2 Å². The van der Waals surface area contributed by atoms with Crippen molar-refractivity contribution in [1.29, 1.82) is 5.26 Å². The van der Waals surface area contributed by atoms with Crippen LogP contribution >= 0.6 is 47.0 Å². The highest BCUT2D eigenvalue weighted by molar-refractivity contribution is 8.26. The number of nitrogens with one attached hydrogen (secondary N) is 2. The van der Waals surface area contributed by atoms with E-state index in [0.29, 0.717) is 50.7 Å². The molecular weight excluding hydrogens is 569 g/mol. The van der Waals surface area contributed by atoms with Crippen LogP contribution in [0.4, 0.5) is 0 Å². The summed E-state index contributed by atoms with van der Waals surface area (Å²) in [4.78, 5) is 55.7. The first-order valence-electron chi connectivity index (χ1n) is 10.6. The van der Waals surface area contributed by atoms with E-state index in [9.17, 15) is 24.4 Å². The highest BCUT2D eigenvalue weighted by atomic mass is 32.2. The fourth-order valence-corrected chi connectivity index (χ4v) is 10.1. The number of benzene rings is 1. The summed E-state index contributed by atoms with van der Waals surface area (Å²) in [5, 5.41) is 13.9. The zero-order chi connectivity index (χ0) is 27.5. The minimum absolute atomic E-state index is 0.125. The van der Waals surface area contributed by atoms with E-state index < -0.39 is 23.6 Å². The number of amides is 4. The molecular formula is C24H14N4O6S4. The van der Waals surface area contributed by atoms with Crippen molar-refractivity contribution in [1.82, 2.24) is 10.6 Å². The molecule has 0 radical (unpaired) electrons. The van der Waals surface area contributed by atoms with Gasteiger partial charge < -0.3 is 9.47 Å². The third-order valence-corrected chi connectivity index (χ3v) is 11.1. The Morgan fingerprint density at radius 1 is 0.737 bits per heavy atom. The Kier molecular flexibility index (Phi) is 6.61. The first kappa shape index (κ1) is 26.1. The maximum Gasteiger partial charge on any atom is 0.269 e. The normalized spacial score (nSPS) is 18.8. The highest BCUT2D eigenvalue weighted by Gasteiger charge is 2.41. The smallest absolute Gasteiger partial charge is 0.269 e. The summed E-state index contributed by atoms with van der Waals surface area (Å²) in [5.41, 5.74) is 0.794. The van der Waals surface area contributed by atoms with Crippen molar-refractivity contribution in [2.24, 2.45) is 0 Å². The van der Waals surface area contributed by atoms with E-state index in [0.717, 1.165) is 0 Å². The lowest BCUT2D eigenvalue weighted by Crippen LogP contribution is -2.38. The fourth-order valence-electron chi connectivity index (χ4n) is 4.12. The number of nitriles is 1. The quantitative estimate of drug-likeness (QED) is 0.298. The van der Waals surface area contributed by atoms with Gasteiger partial charge in [0.2, 0.25) is 0 Å². The van der Waals surface area contributed by atoms with Crippen molar-refractivity contribution in [3.05, 3.63) is 53.5 Å². The average Bonchev–Trinajstić information content (AvgIpc) is 3.47. The third kappa shape index (κ3) is 3.75. The molecule has 2 N–H and O–H groups in total. The molecule has 1 aromatic carbocycles. The average molecular weight is 583 g/mol. The number of hydrogen-bond donors (Lipinski definition) is 2. The Labute approximate surface area is 233 Å². The maximum atomic E-state index is 12.8. The SMILES string of the molecule is [C-]#[N+]C1=C(C)C(=C2Sc3c(OC)c4c(c(OC)c3S2)SC(=C2C(=O)NC(=O)C(C#N)=C2C)S4)C(=O)NC1=O. The number of rotatable bonds is 2. The summed E-state index contributed by atoms with van der Waals surface area (Å²) < 4.78 is 12.7. The molecule has 0 spiro atoms. The van der Waals surface area contributed by atoms with Gasteiger partial charge in [0.15, 0.2) is 0 Å². The van der Waals surface area contributed by atoms with Crippen molar-refractivity contribution in [2.45, 2.75) is 33.4 Å². The number of imide groups is 2. The second kappa shape index (κ2) is 9.63. The van der Waals surface area contributed by atoms with Gasteiger partial charge in [-0.15, -0.1) is 0 Å². The first-order chi connectivity index (χ1) is 18.2. The predicted molar refractivity (Wildman–Crippen MR) is 141 cm³/mol. The molecule has 5 rings (SSSR count). The van der Waals surface area contributed by atoms with E-state index in [1.54, 1.807) is 13.8 Å². The topological polar surface area (TPSA) is 139 Å². The van der Waals surface area contributed by atoms with Crippen molar-refractivity contribution < 1.29 is 28.7 Å². The standard InChI is InChI=1S/C24H14N4O6S4/c1-7-9(6-25)19(29)27-20(30)10(7)23-35-15-13(33-4)17-18(14(34-5)16(15)36-23)38-24(37-17)11-8(2)12(26-3)22(32)28-21(11)31/h1-2,4-5H3,(H,27,29,30)(H,28,31,32). The Bertz CT molecular complexity index is 1490. The number of methoxy groups -OCH3 is 2. The van der Waals surface area contributed by atoms with Gasteiger partial charge in [-0.1, -0.05) is 47.0 Å². The summed E-state index contributed by atoms with van der Waals surface area (Å²) in [6, 6.07) is 1.86. The second-order valence-electron chi connectivity index (χ2n) is 7.88. The molecule has 0 fully saturated rings. The largest absolute Gasteiger partial charge is 0.494 e. The molecule has 10 nitrogen and oxygen atoms in total. The molecule has 0 bridgehead atoms. The number of ether oxygens (including phenoxy) is 2. The van der Waals surface area contributed by atoms with E-state index >= 15 is 0 Å². The van der Waals surface area contributed by atoms with E-state index in [1.807, 2.05) is 6.07 Å². The fraction of sp³-hybridized carbons (Fsp3) is 0.167. The van der Waals surface area contributed by atoms with Crippen LogP contribution in [-0.4, -0.2) is 37.8 Å². The summed E-state index contributed by atoms with van der Waals surface area (Å²) in [6.07, 6.45) is 0. The van der Waals surface area contributed by atoms with Crippen LogP contribution < -0.4 is 20.1 Å². The van der Waals surface area contributed by atoms with Crippen molar-refractivity contribution in [3.63, 3.8) is 0 Å². The number of fused-ring (bicyclic) bond motifs is 2. The van der Waals surface area contributed by atoms with Gasteiger partial charge in [-0.3, -0.25) is 29.8 Å². The summed E-state index contributed by atoms with van der Waals surface area (Å²) in [5.74, 6) is -1.62. The summed E-state index contributed by atoms with van der Waals surface area (Å²) in [7, 11) is 3.02. The van der Waals surface area contributed by atoms with Crippen molar-refractivity contribution >= 4 is 70.7 Å². The zero-order valence-electron chi connectivity index (χ0n) is 20.0. The van der Waals surface area contributed by atoms with Crippen LogP contribution in [0, 0.1) is 17.9 Å². The molecule has 0 aliphatic carbocycles. The van der Waals surface area contributed by atoms with E-state index in [1.165, 1.54) is 61.3 Å². The third-order valence-electron chi connectivity index (χ3n) is 5.89. The molecule has 0 saturated heterocycles. The van der Waals surface area contributed by atoms with Gasteiger partial charge in [0.05, 0.1) is 60.0 Å². The number of thioether (sulfide) groups is 4. The Morgan fingerprint density at radius 3 is 1.55 bits per heavy atom. The van der Waals surface area contributed by atoms with E-state index in [4.69, 9.17) is 16.0 Å². The van der Waals surface area contributed by atoms with Crippen LogP contribution in [0.15, 0.2) is 61.6 Å². The molecule has 14 heteroatoms. The Morgan fingerprint density at radius 2 is 1.16 bits per heavy atom. The molecule has 190 valence electrons. The minimum atomic E-state index is -0.730. The summed E-state index contributed by atoms with van der Waals surface area (Å²) >= 11 is 5.06. The summed E-state index contributed by atoms with van der Waals surface area (Å²) in [6.45, 7) is 10.5. The number of carbonyl (C=O) groups excluding carboxylic acids is 4. The minimum Gasteiger partial charge on any atom is -0.494 e. The molecule has 0 atom stereocenters. The van der Waals surface area contributed by atoms with E-state index in [2.05, 4.69) is 15.5 Å². The lowest BCUT2D eigenvalue weighted by molar-refractivity contribution is -0.128. The van der Waals surface area contributed by atoms with Gasteiger partial charge in [-0.05, 0) is 25.0 Å². The lowest BCUT2D eigenvalue weighted by Gasteiger charge is -2.17. The van der Waals surface area contributed by atoms with Gasteiger partial charge in [0, 0.05) is 0 Å². The molecule has 0 unspecified atom stereocenters. The highest BCUT2D eigenvalue weighted by Crippen LogP contribution is 2.68. The molecule has 38 heavy (non-hydrogen) atoms. The number of nitrogens with zero attached hydrogens (tertiary/aromatic N) is 2. The van der Waals surface area contributed by atoms with Gasteiger partial charge in [0.25, 0.3) is 29.3 Å². The lowest BCUT2D eigenvalue weighted by atomic mass is 9.98. The maximum absolute atomic E-state index is 12.8. The van der Waals surface area contributed by atoms with Crippen LogP contribution in [0.1, 0.15) is 13.8 Å². The van der Waals surface area contributed by atoms with Gasteiger partial charge >= 0.3 is 0 Å². The van der Waals surface area contributed by atoms with Crippen molar-refractivity contribution in [3.8, 4) is 17.6 Å². The molecule has 4 amide bonds. The molecule has 1 aromatic rings. The Balaban J connectivity index is 1.67. The zero-order valence-corrected chi connectivity index (χ0v) is 23.2. The molecule has 4 heterocycles. The van der Waals surface area contributed by atoms with Crippen LogP contribution in [0.3, 0.4) is 0 Å². The molecule has 0 saturated carbocycles. The predicted octanol–water partition coefficient (Wildman–Crippen LogP) is 3.87. The van der Waals surface area contributed by atoms with Crippen LogP contribution in [0.2, 0.25) is 0 Å². The Hall–Kier alpha value is -3.56. The molecule has 4 aliphatic rings. The molecule has 4 aliphatic heterocycles. The number of carbonyl (C=O) groups is 4. The second-order valence-corrected chi connectivity index (χ2v) is 12.5. The first-order valence-corrected chi connectivity index (χ1v) is 13.9. The van der Waals surface area contributed by atoms with E-state index in [-0.39, 0.29) is 22.4 Å². The van der Waals surface area contributed by atoms with Gasteiger partial charge in [-0.2, -0.15) is 5.26 Å².